The van der Waals surface area contributed by atoms with Gasteiger partial charge in [-0.15, -0.1) is 0 Å². The van der Waals surface area contributed by atoms with Crippen LogP contribution < -0.4 is 15.8 Å². The summed E-state index contributed by atoms with van der Waals surface area (Å²) < 4.78 is 5.51. The minimum Gasteiger partial charge on any atom is -0.476 e. The average molecular weight is 265 g/mol. The highest BCUT2D eigenvalue weighted by Gasteiger charge is 2.47. The van der Waals surface area contributed by atoms with Gasteiger partial charge in [0.05, 0.1) is 18.4 Å². The maximum Gasteiger partial charge on any atom is 0.239 e. The predicted molar refractivity (Wildman–Crippen MR) is 76.3 cm³/mol. The van der Waals surface area contributed by atoms with Crippen molar-refractivity contribution in [3.8, 4) is 5.88 Å². The number of nitrogen functional groups attached to an aromatic ring is 1. The molecule has 1 aliphatic carbocycles. The lowest BCUT2D eigenvalue weighted by molar-refractivity contribution is -0.0511. The van der Waals surface area contributed by atoms with E-state index in [0.29, 0.717) is 18.2 Å². The van der Waals surface area contributed by atoms with Gasteiger partial charge < -0.3 is 20.9 Å². The summed E-state index contributed by atoms with van der Waals surface area (Å²) in [6.45, 7) is 6.74. The molecule has 0 aliphatic heterocycles. The van der Waals surface area contributed by atoms with E-state index in [4.69, 9.17) is 10.5 Å². The molecule has 5 nitrogen and oxygen atoms in total. The molecule has 0 radical (unpaired) electrons. The highest BCUT2D eigenvalue weighted by Crippen LogP contribution is 2.42. The van der Waals surface area contributed by atoms with Crippen molar-refractivity contribution in [1.29, 1.82) is 0 Å². The number of anilines is 2. The summed E-state index contributed by atoms with van der Waals surface area (Å²) in [4.78, 5) is 4.38. The van der Waals surface area contributed by atoms with E-state index >= 15 is 0 Å². The minimum atomic E-state index is -0.255. The minimum absolute atomic E-state index is 0.131. The summed E-state index contributed by atoms with van der Waals surface area (Å²) in [7, 11) is 0. The number of aliphatic hydroxyl groups is 1. The maximum absolute atomic E-state index is 9.73. The molecule has 1 aliphatic rings. The molecule has 0 aromatic carbocycles. The molecule has 2 atom stereocenters. The fraction of sp³-hybridized carbons (Fsp3) is 0.643. The van der Waals surface area contributed by atoms with Gasteiger partial charge in [-0.3, -0.25) is 0 Å². The zero-order valence-corrected chi connectivity index (χ0v) is 11.8. The standard InChI is InChI=1S/C14H23N3O2/c1-4-7-19-13-9(15)5-6-12(17-13)16-10-8-11(18)14(10,2)3/h5-6,10-11,18H,4,7-8,15H2,1-3H3,(H,16,17). The summed E-state index contributed by atoms with van der Waals surface area (Å²) in [6, 6.07) is 3.86. The summed E-state index contributed by atoms with van der Waals surface area (Å²) in [6.07, 6.45) is 1.40. The van der Waals surface area contributed by atoms with Crippen LogP contribution in [0.25, 0.3) is 0 Å². The molecular weight excluding hydrogens is 242 g/mol. The van der Waals surface area contributed by atoms with Gasteiger partial charge in [-0.2, -0.15) is 4.98 Å². The molecule has 1 aromatic heterocycles. The van der Waals surface area contributed by atoms with Crippen LogP contribution in [0.15, 0.2) is 12.1 Å². The first-order valence-electron chi connectivity index (χ1n) is 6.79. The van der Waals surface area contributed by atoms with E-state index in [0.717, 1.165) is 18.7 Å². The van der Waals surface area contributed by atoms with Gasteiger partial charge in [0.2, 0.25) is 5.88 Å². The van der Waals surface area contributed by atoms with E-state index in [2.05, 4.69) is 10.3 Å². The Morgan fingerprint density at radius 3 is 2.84 bits per heavy atom. The molecule has 5 heteroatoms. The molecule has 0 bridgehead atoms. The summed E-state index contributed by atoms with van der Waals surface area (Å²) in [5.41, 5.74) is 6.24. The SMILES string of the molecule is CCCOc1nc(NC2CC(O)C2(C)C)ccc1N. The largest absolute Gasteiger partial charge is 0.476 e. The maximum atomic E-state index is 9.73. The Labute approximate surface area is 114 Å². The van der Waals surface area contributed by atoms with Gasteiger partial charge in [0.25, 0.3) is 0 Å². The summed E-state index contributed by atoms with van der Waals surface area (Å²) >= 11 is 0. The number of nitrogens with zero attached hydrogens (tertiary/aromatic N) is 1. The average Bonchev–Trinajstić information content (AvgIpc) is 2.39. The first-order valence-corrected chi connectivity index (χ1v) is 6.79. The number of hydrogen-bond donors (Lipinski definition) is 3. The fourth-order valence-corrected chi connectivity index (χ4v) is 2.17. The van der Waals surface area contributed by atoms with Gasteiger partial charge in [-0.05, 0) is 25.0 Å². The van der Waals surface area contributed by atoms with Crippen LogP contribution in [0.1, 0.15) is 33.6 Å². The predicted octanol–water partition coefficient (Wildman–Crippen LogP) is 2.02. The Kier molecular flexibility index (Phi) is 3.85. The van der Waals surface area contributed by atoms with E-state index < -0.39 is 0 Å². The van der Waals surface area contributed by atoms with Crippen LogP contribution in [0.2, 0.25) is 0 Å². The highest BCUT2D eigenvalue weighted by molar-refractivity contribution is 5.54. The molecule has 1 saturated carbocycles. The van der Waals surface area contributed by atoms with Gasteiger partial charge in [0, 0.05) is 11.5 Å². The molecule has 106 valence electrons. The molecule has 2 unspecified atom stereocenters. The lowest BCUT2D eigenvalue weighted by atomic mass is 9.64. The van der Waals surface area contributed by atoms with E-state index in [1.54, 1.807) is 6.07 Å². The van der Waals surface area contributed by atoms with Crippen molar-refractivity contribution in [3.05, 3.63) is 12.1 Å². The third-order valence-electron chi connectivity index (χ3n) is 3.87. The molecule has 0 spiro atoms. The zero-order chi connectivity index (χ0) is 14.0. The smallest absolute Gasteiger partial charge is 0.239 e. The first-order chi connectivity index (χ1) is 8.95. The van der Waals surface area contributed by atoms with Crippen LogP contribution in [-0.2, 0) is 0 Å². The van der Waals surface area contributed by atoms with Crippen LogP contribution in [0.3, 0.4) is 0 Å². The van der Waals surface area contributed by atoms with Crippen molar-refractivity contribution in [2.24, 2.45) is 5.41 Å². The Bertz CT molecular complexity index is 448. The molecule has 1 heterocycles. The monoisotopic (exact) mass is 265 g/mol. The second-order valence-corrected chi connectivity index (χ2v) is 5.71. The van der Waals surface area contributed by atoms with Gasteiger partial charge in [-0.25, -0.2) is 0 Å². The number of aliphatic hydroxyl groups excluding tert-OH is 1. The topological polar surface area (TPSA) is 80.4 Å². The Hall–Kier alpha value is -1.49. The lowest BCUT2D eigenvalue weighted by Gasteiger charge is -2.49. The second kappa shape index (κ2) is 5.25. The van der Waals surface area contributed by atoms with Crippen molar-refractivity contribution in [3.63, 3.8) is 0 Å². The number of rotatable bonds is 5. The lowest BCUT2D eigenvalue weighted by Crippen LogP contribution is -2.57. The number of nitrogens with one attached hydrogen (secondary N) is 1. The van der Waals surface area contributed by atoms with Crippen molar-refractivity contribution in [1.82, 2.24) is 4.98 Å². The molecule has 19 heavy (non-hydrogen) atoms. The zero-order valence-electron chi connectivity index (χ0n) is 11.8. The Morgan fingerprint density at radius 1 is 1.53 bits per heavy atom. The molecular formula is C14H23N3O2. The quantitative estimate of drug-likeness (QED) is 0.759. The van der Waals surface area contributed by atoms with Crippen LogP contribution in [-0.4, -0.2) is 28.8 Å². The normalized spacial score (nSPS) is 24.6. The van der Waals surface area contributed by atoms with Crippen LogP contribution >= 0.6 is 0 Å². The van der Waals surface area contributed by atoms with E-state index in [1.165, 1.54) is 0 Å². The van der Waals surface area contributed by atoms with Gasteiger partial charge in [-0.1, -0.05) is 20.8 Å². The molecule has 4 N–H and O–H groups in total. The van der Waals surface area contributed by atoms with E-state index in [1.807, 2.05) is 26.8 Å². The Morgan fingerprint density at radius 2 is 2.26 bits per heavy atom. The molecule has 1 fully saturated rings. The number of pyridine rings is 1. The molecule has 0 amide bonds. The van der Waals surface area contributed by atoms with Crippen LogP contribution in [0.5, 0.6) is 5.88 Å². The third-order valence-corrected chi connectivity index (χ3v) is 3.87. The van der Waals surface area contributed by atoms with Gasteiger partial charge in [0.15, 0.2) is 0 Å². The van der Waals surface area contributed by atoms with Crippen molar-refractivity contribution >= 4 is 11.5 Å². The summed E-state index contributed by atoms with van der Waals surface area (Å²) in [5.74, 6) is 1.22. The van der Waals surface area contributed by atoms with Crippen molar-refractivity contribution < 1.29 is 9.84 Å². The second-order valence-electron chi connectivity index (χ2n) is 5.71. The van der Waals surface area contributed by atoms with Gasteiger partial charge in [0.1, 0.15) is 5.82 Å². The fourth-order valence-electron chi connectivity index (χ4n) is 2.17. The number of hydrogen-bond acceptors (Lipinski definition) is 5. The third kappa shape index (κ3) is 2.76. The molecule has 1 aromatic rings. The van der Waals surface area contributed by atoms with Crippen LogP contribution in [0.4, 0.5) is 11.5 Å². The van der Waals surface area contributed by atoms with Crippen molar-refractivity contribution in [2.45, 2.75) is 45.8 Å². The van der Waals surface area contributed by atoms with E-state index in [-0.39, 0.29) is 17.6 Å². The molecule has 2 rings (SSSR count). The number of ether oxygens (including phenoxy) is 1. The molecule has 0 saturated heterocycles. The van der Waals surface area contributed by atoms with E-state index in [9.17, 15) is 5.11 Å². The number of nitrogens with two attached hydrogens (primary N) is 1. The Balaban J connectivity index is 2.05. The van der Waals surface area contributed by atoms with Gasteiger partial charge >= 0.3 is 0 Å². The number of aromatic nitrogens is 1. The van der Waals surface area contributed by atoms with Crippen LogP contribution in [0, 0.1) is 5.41 Å². The van der Waals surface area contributed by atoms with Crippen molar-refractivity contribution in [2.75, 3.05) is 17.7 Å². The highest BCUT2D eigenvalue weighted by atomic mass is 16.5. The first kappa shape index (κ1) is 13.9. The summed E-state index contributed by atoms with van der Waals surface area (Å²) in [5, 5.41) is 13.1.